The van der Waals surface area contributed by atoms with Crippen LogP contribution in [-0.4, -0.2) is 60.6 Å². The fraction of sp³-hybridized carbons (Fsp3) is 0.909. The monoisotopic (exact) mass is 216 g/mol. The molecule has 0 heterocycles. The molecule has 90 valence electrons. The Morgan fingerprint density at radius 1 is 1.27 bits per heavy atom. The molecule has 0 rings (SSSR count). The second-order valence-electron chi connectivity index (χ2n) is 3.76. The van der Waals surface area contributed by atoms with Crippen LogP contribution >= 0.6 is 0 Å². The van der Waals surface area contributed by atoms with Gasteiger partial charge in [-0.3, -0.25) is 9.69 Å². The first kappa shape index (κ1) is 14.4. The Labute approximate surface area is 92.9 Å². The van der Waals surface area contributed by atoms with Crippen molar-refractivity contribution < 1.29 is 9.90 Å². The number of nitrogens with zero attached hydrogens (tertiary/aromatic N) is 2. The van der Waals surface area contributed by atoms with Gasteiger partial charge in [-0.25, -0.2) is 0 Å². The minimum Gasteiger partial charge on any atom is -0.395 e. The Balaban J connectivity index is 3.97. The molecule has 0 unspecified atom stereocenters. The van der Waals surface area contributed by atoms with Crippen molar-refractivity contribution in [3.63, 3.8) is 0 Å². The molecule has 0 bridgehead atoms. The molecule has 15 heavy (non-hydrogen) atoms. The number of hydrogen-bond acceptors (Lipinski definition) is 3. The van der Waals surface area contributed by atoms with E-state index in [-0.39, 0.29) is 12.5 Å². The summed E-state index contributed by atoms with van der Waals surface area (Å²) in [7, 11) is 1.80. The summed E-state index contributed by atoms with van der Waals surface area (Å²) in [6, 6.07) is 0. The molecule has 1 N–H and O–H groups in total. The topological polar surface area (TPSA) is 43.8 Å². The maximum Gasteiger partial charge on any atom is 0.236 e. The molecule has 1 amide bonds. The number of carbonyl (C=O) groups excluding carboxylic acids is 1. The zero-order valence-corrected chi connectivity index (χ0v) is 10.2. The first-order valence-electron chi connectivity index (χ1n) is 5.72. The summed E-state index contributed by atoms with van der Waals surface area (Å²) in [5, 5.41) is 8.88. The van der Waals surface area contributed by atoms with E-state index in [9.17, 15) is 4.79 Å². The standard InChI is InChI=1S/C11H24N2O2/c1-4-6-7-13(8-9-14)10-11(15)12(3)5-2/h14H,4-10H2,1-3H3. The van der Waals surface area contributed by atoms with Gasteiger partial charge in [0.25, 0.3) is 0 Å². The highest BCUT2D eigenvalue weighted by atomic mass is 16.3. The van der Waals surface area contributed by atoms with Crippen molar-refractivity contribution in [2.24, 2.45) is 0 Å². The molecule has 0 spiro atoms. The van der Waals surface area contributed by atoms with Gasteiger partial charge >= 0.3 is 0 Å². The number of hydrogen-bond donors (Lipinski definition) is 1. The third-order valence-corrected chi connectivity index (χ3v) is 2.50. The van der Waals surface area contributed by atoms with Gasteiger partial charge in [-0.05, 0) is 19.9 Å². The van der Waals surface area contributed by atoms with Crippen molar-refractivity contribution >= 4 is 5.91 Å². The Hall–Kier alpha value is -0.610. The van der Waals surface area contributed by atoms with E-state index in [0.29, 0.717) is 13.1 Å². The van der Waals surface area contributed by atoms with Crippen molar-refractivity contribution in [3.8, 4) is 0 Å². The van der Waals surface area contributed by atoms with Crippen LogP contribution in [-0.2, 0) is 4.79 Å². The molecule has 0 fully saturated rings. The second-order valence-corrected chi connectivity index (χ2v) is 3.76. The minimum atomic E-state index is 0.118. The maximum absolute atomic E-state index is 11.6. The number of amides is 1. The lowest BCUT2D eigenvalue weighted by molar-refractivity contribution is -0.131. The van der Waals surface area contributed by atoms with Gasteiger partial charge in [0, 0.05) is 20.1 Å². The van der Waals surface area contributed by atoms with Crippen LogP contribution in [0.2, 0.25) is 0 Å². The summed E-state index contributed by atoms with van der Waals surface area (Å²) in [6.45, 7) is 6.83. The lowest BCUT2D eigenvalue weighted by Gasteiger charge is -2.23. The van der Waals surface area contributed by atoms with Crippen LogP contribution in [0, 0.1) is 0 Å². The molecule has 0 aromatic carbocycles. The van der Waals surface area contributed by atoms with Crippen molar-refractivity contribution in [2.45, 2.75) is 26.7 Å². The molecule has 0 aliphatic rings. The summed E-state index contributed by atoms with van der Waals surface area (Å²) in [5.41, 5.74) is 0. The Morgan fingerprint density at radius 3 is 2.40 bits per heavy atom. The number of aliphatic hydroxyl groups excluding tert-OH is 1. The van der Waals surface area contributed by atoms with Crippen molar-refractivity contribution in [3.05, 3.63) is 0 Å². The smallest absolute Gasteiger partial charge is 0.236 e. The van der Waals surface area contributed by atoms with E-state index in [1.54, 1.807) is 11.9 Å². The van der Waals surface area contributed by atoms with Crippen molar-refractivity contribution in [1.29, 1.82) is 0 Å². The molecule has 0 aromatic rings. The van der Waals surface area contributed by atoms with Gasteiger partial charge in [0.1, 0.15) is 0 Å². The largest absolute Gasteiger partial charge is 0.395 e. The van der Waals surface area contributed by atoms with Crippen LogP contribution in [0.15, 0.2) is 0 Å². The van der Waals surface area contributed by atoms with Gasteiger partial charge in [0.2, 0.25) is 5.91 Å². The zero-order valence-electron chi connectivity index (χ0n) is 10.2. The van der Waals surface area contributed by atoms with Crippen LogP contribution in [0.1, 0.15) is 26.7 Å². The summed E-state index contributed by atoms with van der Waals surface area (Å²) in [6.07, 6.45) is 2.18. The quantitative estimate of drug-likeness (QED) is 0.645. The highest BCUT2D eigenvalue weighted by Gasteiger charge is 2.12. The molecule has 0 aliphatic heterocycles. The average Bonchev–Trinajstić information content (AvgIpc) is 2.24. The molecule has 4 nitrogen and oxygen atoms in total. The third-order valence-electron chi connectivity index (χ3n) is 2.50. The number of rotatable bonds is 8. The first-order valence-corrected chi connectivity index (χ1v) is 5.72. The number of likely N-dealkylation sites (N-methyl/N-ethyl adjacent to an activating group) is 1. The number of aliphatic hydroxyl groups is 1. The van der Waals surface area contributed by atoms with Gasteiger partial charge in [-0.2, -0.15) is 0 Å². The Bertz CT molecular complexity index is 174. The van der Waals surface area contributed by atoms with Crippen molar-refractivity contribution in [1.82, 2.24) is 9.80 Å². The summed E-state index contributed by atoms with van der Waals surface area (Å²) in [5.74, 6) is 0.127. The molecule has 0 saturated heterocycles. The highest BCUT2D eigenvalue weighted by molar-refractivity contribution is 5.77. The first-order chi connectivity index (χ1) is 7.15. The summed E-state index contributed by atoms with van der Waals surface area (Å²) >= 11 is 0. The minimum absolute atomic E-state index is 0.118. The molecule has 0 radical (unpaired) electrons. The van der Waals surface area contributed by atoms with Crippen LogP contribution < -0.4 is 0 Å². The molecule has 0 atom stereocenters. The third kappa shape index (κ3) is 6.47. The highest BCUT2D eigenvalue weighted by Crippen LogP contribution is 1.96. The Kier molecular flexibility index (Phi) is 8.33. The van der Waals surface area contributed by atoms with Gasteiger partial charge in [-0.15, -0.1) is 0 Å². The van der Waals surface area contributed by atoms with Gasteiger partial charge in [0.05, 0.1) is 13.2 Å². The summed E-state index contributed by atoms with van der Waals surface area (Å²) in [4.78, 5) is 15.3. The summed E-state index contributed by atoms with van der Waals surface area (Å²) < 4.78 is 0. The van der Waals surface area contributed by atoms with E-state index >= 15 is 0 Å². The molecule has 0 saturated carbocycles. The predicted octanol–water partition coefficient (Wildman–Crippen LogP) is 0.559. The molecular formula is C11H24N2O2. The number of carbonyl (C=O) groups is 1. The lowest BCUT2D eigenvalue weighted by Crippen LogP contribution is -2.39. The molecule has 4 heteroatoms. The number of unbranched alkanes of at least 4 members (excludes halogenated alkanes) is 1. The van der Waals surface area contributed by atoms with E-state index in [1.165, 1.54) is 0 Å². The molecule has 0 aromatic heterocycles. The van der Waals surface area contributed by atoms with E-state index in [0.717, 1.165) is 25.9 Å². The SMILES string of the molecule is CCCCN(CCO)CC(=O)N(C)CC. The van der Waals surface area contributed by atoms with Crippen LogP contribution in [0.3, 0.4) is 0 Å². The molecular weight excluding hydrogens is 192 g/mol. The fourth-order valence-corrected chi connectivity index (χ4v) is 1.28. The predicted molar refractivity (Wildman–Crippen MR) is 61.7 cm³/mol. The van der Waals surface area contributed by atoms with Crippen LogP contribution in [0.25, 0.3) is 0 Å². The van der Waals surface area contributed by atoms with E-state index < -0.39 is 0 Å². The molecule has 0 aliphatic carbocycles. The van der Waals surface area contributed by atoms with Crippen LogP contribution in [0.4, 0.5) is 0 Å². The Morgan fingerprint density at radius 2 is 1.93 bits per heavy atom. The lowest BCUT2D eigenvalue weighted by atomic mass is 10.3. The van der Waals surface area contributed by atoms with Gasteiger partial charge in [-0.1, -0.05) is 13.3 Å². The van der Waals surface area contributed by atoms with Gasteiger partial charge < -0.3 is 10.0 Å². The average molecular weight is 216 g/mol. The normalized spacial score (nSPS) is 10.7. The van der Waals surface area contributed by atoms with Gasteiger partial charge in [0.15, 0.2) is 0 Å². The zero-order chi connectivity index (χ0) is 11.7. The maximum atomic E-state index is 11.6. The van der Waals surface area contributed by atoms with E-state index in [2.05, 4.69) is 6.92 Å². The second kappa shape index (κ2) is 8.68. The fourth-order valence-electron chi connectivity index (χ4n) is 1.28. The van der Waals surface area contributed by atoms with E-state index in [1.807, 2.05) is 11.8 Å². The van der Waals surface area contributed by atoms with Crippen molar-refractivity contribution in [2.75, 3.05) is 39.8 Å². The van der Waals surface area contributed by atoms with Crippen LogP contribution in [0.5, 0.6) is 0 Å². The van der Waals surface area contributed by atoms with E-state index in [4.69, 9.17) is 5.11 Å².